The van der Waals surface area contributed by atoms with Gasteiger partial charge in [0.05, 0.1) is 18.8 Å². The van der Waals surface area contributed by atoms with E-state index in [1.54, 1.807) is 0 Å². The first kappa shape index (κ1) is 25.5. The number of nitrogens with one attached hydrogen (secondary N) is 2. The standard InChI is InChI=1S/C28H32N6O4/c1-17-15-21(16-18(2)23(17)25(29)35)34-24-22(28(36)37)7-8-31-26(24)32-27(34)19-3-5-20(6-4-19)30-9-10-33-11-13-38-14-12-33/h3-8,15-16,27,30H,9-14H2,1-2H3,(H2,29,35)(H,31,32)(H,36,37). The fourth-order valence-electron chi connectivity index (χ4n) is 5.24. The van der Waals surface area contributed by atoms with E-state index in [-0.39, 0.29) is 5.56 Å². The number of nitrogens with two attached hydrogens (primary N) is 1. The van der Waals surface area contributed by atoms with Crippen LogP contribution in [0.5, 0.6) is 0 Å². The fourth-order valence-corrected chi connectivity index (χ4v) is 5.24. The molecule has 38 heavy (non-hydrogen) atoms. The second-order valence-corrected chi connectivity index (χ2v) is 9.60. The minimum Gasteiger partial charge on any atom is -0.478 e. The number of fused-ring (bicyclic) bond motifs is 1. The molecule has 0 spiro atoms. The molecule has 1 aromatic heterocycles. The van der Waals surface area contributed by atoms with Crippen LogP contribution in [0, 0.1) is 13.8 Å². The van der Waals surface area contributed by atoms with Crippen molar-refractivity contribution in [1.82, 2.24) is 9.88 Å². The van der Waals surface area contributed by atoms with Gasteiger partial charge in [-0.15, -0.1) is 0 Å². The van der Waals surface area contributed by atoms with E-state index in [0.717, 1.165) is 67.5 Å². The van der Waals surface area contributed by atoms with Gasteiger partial charge in [0.1, 0.15) is 11.9 Å². The van der Waals surface area contributed by atoms with E-state index in [2.05, 4.69) is 20.5 Å². The average Bonchev–Trinajstić information content (AvgIpc) is 3.29. The van der Waals surface area contributed by atoms with Gasteiger partial charge in [0, 0.05) is 49.3 Å². The molecular formula is C28H32N6O4. The first-order valence-corrected chi connectivity index (χ1v) is 12.7. The maximum Gasteiger partial charge on any atom is 0.338 e. The summed E-state index contributed by atoms with van der Waals surface area (Å²) in [6.45, 7) is 8.91. The molecule has 0 radical (unpaired) electrons. The van der Waals surface area contributed by atoms with Crippen molar-refractivity contribution >= 4 is 34.8 Å². The number of hydrogen-bond donors (Lipinski definition) is 4. The number of primary amides is 1. The summed E-state index contributed by atoms with van der Waals surface area (Å²) in [6, 6.07) is 13.3. The lowest BCUT2D eigenvalue weighted by Gasteiger charge is -2.29. The third kappa shape index (κ3) is 5.00. The molecule has 2 aromatic carbocycles. The highest BCUT2D eigenvalue weighted by Gasteiger charge is 2.36. The first-order valence-electron chi connectivity index (χ1n) is 12.7. The van der Waals surface area contributed by atoms with E-state index in [0.29, 0.717) is 17.1 Å². The van der Waals surface area contributed by atoms with Crippen molar-refractivity contribution in [2.24, 2.45) is 5.73 Å². The molecule has 2 aliphatic rings. The molecule has 1 unspecified atom stereocenters. The molecule has 10 nitrogen and oxygen atoms in total. The number of hydrogen-bond acceptors (Lipinski definition) is 8. The number of carbonyl (C=O) groups is 2. The number of morpholine rings is 1. The van der Waals surface area contributed by atoms with Crippen LogP contribution in [0.3, 0.4) is 0 Å². The number of aryl methyl sites for hydroxylation is 2. The molecule has 0 bridgehead atoms. The number of rotatable bonds is 8. The minimum absolute atomic E-state index is 0.140. The van der Waals surface area contributed by atoms with E-state index < -0.39 is 18.0 Å². The third-order valence-electron chi connectivity index (χ3n) is 7.06. The van der Waals surface area contributed by atoms with Crippen LogP contribution in [-0.2, 0) is 4.74 Å². The molecular weight excluding hydrogens is 484 g/mol. The zero-order valence-electron chi connectivity index (χ0n) is 21.5. The van der Waals surface area contributed by atoms with E-state index in [4.69, 9.17) is 10.5 Å². The summed E-state index contributed by atoms with van der Waals surface area (Å²) >= 11 is 0. The molecule has 198 valence electrons. The number of amides is 1. The van der Waals surface area contributed by atoms with Crippen molar-refractivity contribution in [3.63, 3.8) is 0 Å². The predicted octanol–water partition coefficient (Wildman–Crippen LogP) is 3.50. The number of pyridine rings is 1. The molecule has 1 saturated heterocycles. The van der Waals surface area contributed by atoms with Gasteiger partial charge in [0.25, 0.3) is 0 Å². The number of aromatic carboxylic acids is 1. The molecule has 3 heterocycles. The molecule has 0 saturated carbocycles. The Hall–Kier alpha value is -4.15. The molecule has 1 fully saturated rings. The van der Waals surface area contributed by atoms with Crippen LogP contribution in [0.4, 0.5) is 22.9 Å². The van der Waals surface area contributed by atoms with Gasteiger partial charge in [-0.1, -0.05) is 12.1 Å². The van der Waals surface area contributed by atoms with Gasteiger partial charge in [-0.2, -0.15) is 0 Å². The second kappa shape index (κ2) is 10.7. The van der Waals surface area contributed by atoms with Crippen molar-refractivity contribution in [3.8, 4) is 0 Å². The summed E-state index contributed by atoms with van der Waals surface area (Å²) in [5.41, 5.74) is 10.8. The number of ether oxygens (including phenoxy) is 1. The highest BCUT2D eigenvalue weighted by Crippen LogP contribution is 2.47. The van der Waals surface area contributed by atoms with Gasteiger partial charge in [0.15, 0.2) is 5.82 Å². The zero-order valence-corrected chi connectivity index (χ0v) is 21.5. The first-order chi connectivity index (χ1) is 18.3. The Morgan fingerprint density at radius 1 is 1.13 bits per heavy atom. The number of anilines is 4. The smallest absolute Gasteiger partial charge is 0.338 e. The Morgan fingerprint density at radius 2 is 1.82 bits per heavy atom. The number of carboxylic acids is 1. The van der Waals surface area contributed by atoms with Crippen LogP contribution >= 0.6 is 0 Å². The topological polar surface area (TPSA) is 133 Å². The summed E-state index contributed by atoms with van der Waals surface area (Å²) < 4.78 is 5.41. The van der Waals surface area contributed by atoms with Crippen LogP contribution in [0.15, 0.2) is 48.7 Å². The second-order valence-electron chi connectivity index (χ2n) is 9.60. The largest absolute Gasteiger partial charge is 0.478 e. The minimum atomic E-state index is -1.04. The number of carboxylic acid groups (broad SMARTS) is 1. The molecule has 0 aliphatic carbocycles. The van der Waals surface area contributed by atoms with Crippen molar-refractivity contribution in [1.29, 1.82) is 0 Å². The highest BCUT2D eigenvalue weighted by molar-refractivity contribution is 6.01. The van der Waals surface area contributed by atoms with Crippen molar-refractivity contribution in [2.45, 2.75) is 20.0 Å². The van der Waals surface area contributed by atoms with Gasteiger partial charge in [0.2, 0.25) is 5.91 Å². The van der Waals surface area contributed by atoms with Gasteiger partial charge in [-0.3, -0.25) is 9.69 Å². The average molecular weight is 517 g/mol. The summed E-state index contributed by atoms with van der Waals surface area (Å²) in [5.74, 6) is -1.05. The summed E-state index contributed by atoms with van der Waals surface area (Å²) in [5, 5.41) is 16.8. The maximum atomic E-state index is 12.2. The van der Waals surface area contributed by atoms with Gasteiger partial charge >= 0.3 is 5.97 Å². The normalized spacial score (nSPS) is 17.1. The molecule has 1 amide bonds. The number of nitrogens with zero attached hydrogens (tertiary/aromatic N) is 3. The van der Waals surface area contributed by atoms with Gasteiger partial charge in [-0.25, -0.2) is 9.78 Å². The molecule has 5 N–H and O–H groups in total. The lowest BCUT2D eigenvalue weighted by Crippen LogP contribution is -2.39. The van der Waals surface area contributed by atoms with Crippen molar-refractivity contribution < 1.29 is 19.4 Å². The van der Waals surface area contributed by atoms with Gasteiger partial charge in [-0.05, 0) is 60.9 Å². The summed E-state index contributed by atoms with van der Waals surface area (Å²) in [4.78, 5) is 32.9. The Kier molecular flexibility index (Phi) is 7.17. The summed E-state index contributed by atoms with van der Waals surface area (Å²) in [6.07, 6.45) is 1.09. The van der Waals surface area contributed by atoms with E-state index in [1.807, 2.05) is 55.1 Å². The fraction of sp³-hybridized carbons (Fsp3) is 0.321. The SMILES string of the molecule is Cc1cc(N2c3c(C(=O)O)ccnc3NC2c2ccc(NCCN3CCOCC3)cc2)cc(C)c1C(N)=O. The number of benzene rings is 2. The Balaban J connectivity index is 1.45. The molecule has 5 rings (SSSR count). The van der Waals surface area contributed by atoms with Crippen LogP contribution in [0.25, 0.3) is 0 Å². The molecule has 2 aliphatic heterocycles. The van der Waals surface area contributed by atoms with E-state index in [1.165, 1.54) is 12.3 Å². The Morgan fingerprint density at radius 3 is 2.45 bits per heavy atom. The molecule has 10 heteroatoms. The zero-order chi connectivity index (χ0) is 26.8. The quantitative estimate of drug-likeness (QED) is 0.355. The van der Waals surface area contributed by atoms with Crippen molar-refractivity contribution in [2.75, 3.05) is 54.9 Å². The van der Waals surface area contributed by atoms with Gasteiger partial charge < -0.3 is 31.1 Å². The molecule has 1 atom stereocenters. The highest BCUT2D eigenvalue weighted by atomic mass is 16.5. The monoisotopic (exact) mass is 516 g/mol. The lowest BCUT2D eigenvalue weighted by molar-refractivity contribution is 0.0398. The van der Waals surface area contributed by atoms with E-state index in [9.17, 15) is 14.7 Å². The summed E-state index contributed by atoms with van der Waals surface area (Å²) in [7, 11) is 0. The van der Waals surface area contributed by atoms with Crippen molar-refractivity contribution in [3.05, 3.63) is 76.5 Å². The van der Waals surface area contributed by atoms with Crippen LogP contribution in [-0.4, -0.2) is 66.3 Å². The number of aromatic nitrogens is 1. The molecule has 3 aromatic rings. The lowest BCUT2D eigenvalue weighted by atomic mass is 10.00. The van der Waals surface area contributed by atoms with Crippen LogP contribution in [0.1, 0.15) is 43.6 Å². The van der Waals surface area contributed by atoms with Crippen LogP contribution < -0.4 is 21.3 Å². The Labute approximate surface area is 221 Å². The Bertz CT molecular complexity index is 1330. The van der Waals surface area contributed by atoms with E-state index >= 15 is 0 Å². The number of carbonyl (C=O) groups excluding carboxylic acids is 1. The van der Waals surface area contributed by atoms with Crippen LogP contribution in [0.2, 0.25) is 0 Å². The predicted molar refractivity (Wildman–Crippen MR) is 146 cm³/mol. The third-order valence-corrected chi connectivity index (χ3v) is 7.06. The maximum absolute atomic E-state index is 12.2.